The molecule has 31 aromatic carbocycles. The SMILES string of the molecule is c1ccc2cc3c(-c4ccc(-c5c(-c6ccc(-c7c8ccccc8cc8cc9ccccc9cc78)cc6)c(-c6ccc(-c7c8ccccc8cc8cc9ccccc9cc78)cc6)c(-c6ccc(-c7c8ccccc8cc8cc9ccccc9cc78)cc6)c(-c6ccc(-c7c8ccccc8cc8cc9ccccc9cc78)cc6)c5-c5ccc(-c6c7ccccc7cc7cc8ccccc8cc67)cc5)cc4)c4ccccc4cc3cc2c1. The highest BCUT2D eigenvalue weighted by molar-refractivity contribution is 6.26. The van der Waals surface area contributed by atoms with E-state index in [0.29, 0.717) is 0 Å². The Morgan fingerprint density at radius 3 is 0.280 bits per heavy atom. The standard InChI is InChI=1S/C150H90/c1-7-31-109-85-133-121(73-103(109)25-1)79-115-37-13-19-43-127(115)139(133)91-49-61-97(62-50-91)145-146(98-63-51-92(52-64-98)140-128-44-20-14-38-116(128)80-122-74-104-26-2-8-32-110(104)86-134(122)140)148(100-67-55-94(56-68-100)142-130-46-22-16-40-118(130)82-124-76-106-28-4-10-34-112(106)88-136(124)142)150(102-71-59-96(60-72-102)144-132-48-24-18-42-120(132)84-126-78-108-30-6-12-36-114(108)90-138(126)144)149(101-69-57-95(58-70-101)143-131-47-23-17-41-119(131)83-125-77-107-29-5-11-35-113(107)89-137(125)143)147(145)99-65-53-93(54-66-99)141-129-45-21-15-39-117(129)81-123-75-105-27-3-9-33-111(105)87-135(123)141/h1-90H. The van der Waals surface area contributed by atoms with Crippen LogP contribution in [0.1, 0.15) is 0 Å². The minimum absolute atomic E-state index is 1.07. The smallest absolute Gasteiger partial charge is 0.00139 e. The van der Waals surface area contributed by atoms with Crippen molar-refractivity contribution in [3.63, 3.8) is 0 Å². The molecule has 0 saturated carbocycles. The summed E-state index contributed by atoms with van der Waals surface area (Å²) in [5.74, 6) is 0. The lowest BCUT2D eigenvalue weighted by atomic mass is 9.73. The first-order chi connectivity index (χ1) is 74.3. The van der Waals surface area contributed by atoms with Crippen molar-refractivity contribution in [1.29, 1.82) is 0 Å². The van der Waals surface area contributed by atoms with Gasteiger partial charge in [-0.1, -0.05) is 437 Å². The van der Waals surface area contributed by atoms with Gasteiger partial charge >= 0.3 is 0 Å². The third kappa shape index (κ3) is 13.8. The molecule has 0 fully saturated rings. The van der Waals surface area contributed by atoms with Gasteiger partial charge in [0.2, 0.25) is 0 Å². The summed E-state index contributed by atoms with van der Waals surface area (Å²) in [6.45, 7) is 0. The molecule has 0 N–H and O–H groups in total. The molecule has 0 aliphatic heterocycles. The first-order valence-corrected chi connectivity index (χ1v) is 52.2. The van der Waals surface area contributed by atoms with Gasteiger partial charge in [0, 0.05) is 0 Å². The van der Waals surface area contributed by atoms with Gasteiger partial charge in [0.1, 0.15) is 0 Å². The lowest BCUT2D eigenvalue weighted by molar-refractivity contribution is 1.51. The van der Waals surface area contributed by atoms with Gasteiger partial charge in [0.05, 0.1) is 0 Å². The molecule has 31 rings (SSSR count). The molecule has 0 amide bonds. The van der Waals surface area contributed by atoms with Crippen LogP contribution >= 0.6 is 0 Å². The van der Waals surface area contributed by atoms with Gasteiger partial charge in [-0.3, -0.25) is 0 Å². The fraction of sp³-hybridized carbons (Fsp3) is 0. The van der Waals surface area contributed by atoms with E-state index in [2.05, 4.69) is 546 Å². The predicted molar refractivity (Wildman–Crippen MR) is 647 cm³/mol. The van der Waals surface area contributed by atoms with Gasteiger partial charge in [0.15, 0.2) is 0 Å². The van der Waals surface area contributed by atoms with E-state index in [-0.39, 0.29) is 0 Å². The number of rotatable bonds is 12. The fourth-order valence-corrected chi connectivity index (χ4v) is 25.7. The Balaban J connectivity index is 0.751. The average Bonchev–Trinajstić information content (AvgIpc) is 0.707. The first kappa shape index (κ1) is 85.0. The maximum Gasteiger partial charge on any atom is -0.00139 e. The van der Waals surface area contributed by atoms with Crippen molar-refractivity contribution in [1.82, 2.24) is 0 Å². The molecule has 690 valence electrons. The molecule has 0 radical (unpaired) electrons. The van der Waals surface area contributed by atoms with Crippen molar-refractivity contribution < 1.29 is 0 Å². The lowest BCUT2D eigenvalue weighted by Crippen LogP contribution is -2.02. The molecule has 0 bridgehead atoms. The summed E-state index contributed by atoms with van der Waals surface area (Å²) in [4.78, 5) is 0. The van der Waals surface area contributed by atoms with Crippen LogP contribution in [0.4, 0.5) is 0 Å². The van der Waals surface area contributed by atoms with Crippen LogP contribution in [0.3, 0.4) is 0 Å². The van der Waals surface area contributed by atoms with Gasteiger partial charge in [-0.15, -0.1) is 0 Å². The molecule has 0 spiro atoms. The molecule has 150 heavy (non-hydrogen) atoms. The summed E-state index contributed by atoms with van der Waals surface area (Å²) in [6, 6.07) is 209. The van der Waals surface area contributed by atoms with Crippen LogP contribution in [-0.4, -0.2) is 0 Å². The number of hydrogen-bond acceptors (Lipinski definition) is 0. The second-order valence-corrected chi connectivity index (χ2v) is 41.1. The number of benzene rings is 31. The second kappa shape index (κ2) is 34.1. The Bertz CT molecular complexity index is 9480. The van der Waals surface area contributed by atoms with Crippen molar-refractivity contribution >= 4 is 194 Å². The molecule has 31 aromatic rings. The van der Waals surface area contributed by atoms with Gasteiger partial charge in [-0.25, -0.2) is 0 Å². The van der Waals surface area contributed by atoms with Crippen LogP contribution in [0, 0.1) is 0 Å². The van der Waals surface area contributed by atoms with E-state index < -0.39 is 0 Å². The van der Waals surface area contributed by atoms with Crippen molar-refractivity contribution in [3.8, 4) is 134 Å². The molecule has 0 nitrogen and oxygen atoms in total. The third-order valence-electron chi connectivity index (χ3n) is 32.6. The summed E-state index contributed by atoms with van der Waals surface area (Å²) in [5, 5.41) is 43.5. The van der Waals surface area contributed by atoms with E-state index in [1.54, 1.807) is 0 Å². The normalized spacial score (nSPS) is 12.0. The monoisotopic (exact) mass is 1890 g/mol. The maximum atomic E-state index is 2.48. The number of hydrogen-bond donors (Lipinski definition) is 0. The topological polar surface area (TPSA) is 0 Å². The molecule has 0 heteroatoms. The van der Waals surface area contributed by atoms with Crippen LogP contribution in [-0.2, 0) is 0 Å². The largest absolute Gasteiger partial charge is 0.0616 e. The van der Waals surface area contributed by atoms with Crippen molar-refractivity contribution in [2.45, 2.75) is 0 Å². The predicted octanol–water partition coefficient (Wildman–Crippen LogP) is 42.4. The van der Waals surface area contributed by atoms with Gasteiger partial charge in [0.25, 0.3) is 0 Å². The first-order valence-electron chi connectivity index (χ1n) is 52.2. The highest BCUT2D eigenvalue weighted by Crippen LogP contribution is 2.59. The van der Waals surface area contributed by atoms with Gasteiger partial charge in [-0.05, 0) is 437 Å². The zero-order chi connectivity index (χ0) is 98.3. The summed E-state index contributed by atoms with van der Waals surface area (Å²) >= 11 is 0. The minimum atomic E-state index is 1.07. The molecular formula is C150H90. The molecular weight excluding hydrogens is 1800 g/mol. The molecule has 0 aliphatic rings. The average molecular weight is 1890 g/mol. The Hall–Kier alpha value is -19.5. The second-order valence-electron chi connectivity index (χ2n) is 41.1. The zero-order valence-corrected chi connectivity index (χ0v) is 82.0. The van der Waals surface area contributed by atoms with Crippen LogP contribution in [0.2, 0.25) is 0 Å². The molecule has 0 aliphatic carbocycles. The van der Waals surface area contributed by atoms with E-state index in [1.165, 1.54) is 227 Å². The Kier molecular flexibility index (Phi) is 19.3. The van der Waals surface area contributed by atoms with Crippen molar-refractivity contribution in [2.75, 3.05) is 0 Å². The summed E-state index contributed by atoms with van der Waals surface area (Å²) in [5.41, 5.74) is 27.1. The minimum Gasteiger partial charge on any atom is -0.0616 e. The Morgan fingerprint density at radius 2 is 0.153 bits per heavy atom. The van der Waals surface area contributed by atoms with E-state index in [1.807, 2.05) is 0 Å². The summed E-state index contributed by atoms with van der Waals surface area (Å²) in [6.07, 6.45) is 0. The summed E-state index contributed by atoms with van der Waals surface area (Å²) in [7, 11) is 0. The summed E-state index contributed by atoms with van der Waals surface area (Å²) < 4.78 is 0. The zero-order valence-electron chi connectivity index (χ0n) is 82.0. The van der Waals surface area contributed by atoms with Crippen molar-refractivity contribution in [3.05, 3.63) is 546 Å². The Morgan fingerprint density at radius 1 is 0.0600 bits per heavy atom. The van der Waals surface area contributed by atoms with Crippen LogP contribution in [0.25, 0.3) is 327 Å². The fourth-order valence-electron chi connectivity index (χ4n) is 25.7. The van der Waals surface area contributed by atoms with Gasteiger partial charge < -0.3 is 0 Å². The highest BCUT2D eigenvalue weighted by atomic mass is 14.4. The van der Waals surface area contributed by atoms with E-state index in [4.69, 9.17) is 0 Å². The van der Waals surface area contributed by atoms with E-state index in [0.717, 1.165) is 100 Å². The van der Waals surface area contributed by atoms with Crippen LogP contribution in [0.15, 0.2) is 546 Å². The molecule has 0 aromatic heterocycles. The van der Waals surface area contributed by atoms with Crippen LogP contribution in [0.5, 0.6) is 0 Å². The van der Waals surface area contributed by atoms with E-state index in [9.17, 15) is 0 Å². The molecule has 0 unspecified atom stereocenters. The van der Waals surface area contributed by atoms with Crippen LogP contribution < -0.4 is 0 Å². The molecule has 0 saturated heterocycles. The lowest BCUT2D eigenvalue weighted by Gasteiger charge is -2.29. The van der Waals surface area contributed by atoms with Gasteiger partial charge in [-0.2, -0.15) is 0 Å². The maximum absolute atomic E-state index is 2.48. The Labute approximate surface area is 866 Å². The third-order valence-corrected chi connectivity index (χ3v) is 32.6. The quantitative estimate of drug-likeness (QED) is 0.107. The number of fused-ring (bicyclic) bond motifs is 18. The van der Waals surface area contributed by atoms with Crippen molar-refractivity contribution in [2.24, 2.45) is 0 Å². The molecule has 0 heterocycles. The van der Waals surface area contributed by atoms with E-state index >= 15 is 0 Å². The highest BCUT2D eigenvalue weighted by Gasteiger charge is 2.32. The molecule has 0 atom stereocenters.